The molecule has 0 amide bonds. The fourth-order valence-electron chi connectivity index (χ4n) is 1.33. The molecular weight excluding hydrogens is 174 g/mol. The Morgan fingerprint density at radius 2 is 2.43 bits per heavy atom. The van der Waals surface area contributed by atoms with Crippen LogP contribution in [-0.4, -0.2) is 7.11 Å². The molecule has 0 aromatic heterocycles. The third-order valence-corrected chi connectivity index (χ3v) is 2.05. The van der Waals surface area contributed by atoms with Gasteiger partial charge in [0.15, 0.2) is 0 Å². The smallest absolute Gasteiger partial charge is 0.0991 e. The molecule has 1 atom stereocenters. The van der Waals surface area contributed by atoms with E-state index in [2.05, 4.69) is 12.6 Å². The van der Waals surface area contributed by atoms with Crippen molar-refractivity contribution in [3.63, 3.8) is 0 Å². The summed E-state index contributed by atoms with van der Waals surface area (Å²) in [6, 6.07) is 9.55. The second kappa shape index (κ2) is 5.21. The Balaban J connectivity index is 2.93. The molecule has 14 heavy (non-hydrogen) atoms. The highest BCUT2D eigenvalue weighted by atomic mass is 16.5. The van der Waals surface area contributed by atoms with Gasteiger partial charge in [0, 0.05) is 7.11 Å². The van der Waals surface area contributed by atoms with Gasteiger partial charge in [-0.25, -0.2) is 0 Å². The van der Waals surface area contributed by atoms with E-state index >= 15 is 0 Å². The van der Waals surface area contributed by atoms with Crippen LogP contribution in [0.25, 0.3) is 0 Å². The SMILES string of the molecule is C=CCC(OC)c1cccc(C#N)c1. The summed E-state index contributed by atoms with van der Waals surface area (Å²) >= 11 is 0. The number of methoxy groups -OCH3 is 1. The lowest BCUT2D eigenvalue weighted by Gasteiger charge is -2.13. The molecule has 0 spiro atoms. The van der Waals surface area contributed by atoms with Crippen molar-refractivity contribution >= 4 is 0 Å². The normalized spacial score (nSPS) is 11.7. The van der Waals surface area contributed by atoms with Gasteiger partial charge in [0.25, 0.3) is 0 Å². The van der Waals surface area contributed by atoms with E-state index in [1.165, 1.54) is 0 Å². The van der Waals surface area contributed by atoms with E-state index in [0.717, 1.165) is 12.0 Å². The predicted molar refractivity (Wildman–Crippen MR) is 55.7 cm³/mol. The molecule has 1 aromatic carbocycles. The minimum Gasteiger partial charge on any atom is -0.376 e. The molecule has 0 saturated carbocycles. The van der Waals surface area contributed by atoms with E-state index in [1.54, 1.807) is 13.2 Å². The van der Waals surface area contributed by atoms with Gasteiger partial charge >= 0.3 is 0 Å². The maximum atomic E-state index is 8.74. The number of nitriles is 1. The van der Waals surface area contributed by atoms with E-state index in [-0.39, 0.29) is 6.10 Å². The Labute approximate surface area is 84.4 Å². The van der Waals surface area contributed by atoms with Gasteiger partial charge in [-0.15, -0.1) is 6.58 Å². The fourth-order valence-corrected chi connectivity index (χ4v) is 1.33. The van der Waals surface area contributed by atoms with Crippen LogP contribution in [-0.2, 0) is 4.74 Å². The molecule has 0 aliphatic rings. The minimum absolute atomic E-state index is 0.000741. The highest BCUT2D eigenvalue weighted by Crippen LogP contribution is 2.21. The van der Waals surface area contributed by atoms with Gasteiger partial charge in [-0.1, -0.05) is 18.2 Å². The van der Waals surface area contributed by atoms with E-state index in [4.69, 9.17) is 10.00 Å². The number of hydrogen-bond acceptors (Lipinski definition) is 2. The molecule has 0 fully saturated rings. The van der Waals surface area contributed by atoms with Crippen molar-refractivity contribution in [2.24, 2.45) is 0 Å². The number of hydrogen-bond donors (Lipinski definition) is 0. The molecule has 0 heterocycles. The summed E-state index contributed by atoms with van der Waals surface area (Å²) in [5, 5.41) is 8.74. The summed E-state index contributed by atoms with van der Waals surface area (Å²) in [6.45, 7) is 3.67. The molecule has 0 N–H and O–H groups in total. The van der Waals surface area contributed by atoms with E-state index in [9.17, 15) is 0 Å². The third-order valence-electron chi connectivity index (χ3n) is 2.05. The van der Waals surface area contributed by atoms with Crippen molar-refractivity contribution in [1.29, 1.82) is 5.26 Å². The monoisotopic (exact) mass is 187 g/mol. The van der Waals surface area contributed by atoms with Crippen molar-refractivity contribution in [3.05, 3.63) is 48.0 Å². The Bertz CT molecular complexity index is 352. The molecule has 2 heteroatoms. The van der Waals surface area contributed by atoms with Crippen molar-refractivity contribution < 1.29 is 4.74 Å². The first-order valence-electron chi connectivity index (χ1n) is 4.45. The Kier molecular flexibility index (Phi) is 3.90. The van der Waals surface area contributed by atoms with Crippen LogP contribution in [0, 0.1) is 11.3 Å². The van der Waals surface area contributed by atoms with Gasteiger partial charge in [0.05, 0.1) is 17.7 Å². The Hall–Kier alpha value is -1.59. The average Bonchev–Trinajstić information content (AvgIpc) is 2.26. The van der Waals surface area contributed by atoms with Crippen LogP contribution >= 0.6 is 0 Å². The highest BCUT2D eigenvalue weighted by Gasteiger charge is 2.08. The third kappa shape index (κ3) is 2.45. The Morgan fingerprint density at radius 3 is 3.00 bits per heavy atom. The zero-order valence-corrected chi connectivity index (χ0v) is 8.23. The van der Waals surface area contributed by atoms with Gasteiger partial charge in [0.2, 0.25) is 0 Å². The molecule has 0 radical (unpaired) electrons. The van der Waals surface area contributed by atoms with Crippen LogP contribution in [0.2, 0.25) is 0 Å². The number of rotatable bonds is 4. The number of benzene rings is 1. The lowest BCUT2D eigenvalue weighted by Crippen LogP contribution is -2.00. The van der Waals surface area contributed by atoms with Crippen LogP contribution in [0.5, 0.6) is 0 Å². The van der Waals surface area contributed by atoms with Crippen LogP contribution in [0.1, 0.15) is 23.7 Å². The lowest BCUT2D eigenvalue weighted by atomic mass is 10.0. The van der Waals surface area contributed by atoms with Crippen LogP contribution < -0.4 is 0 Å². The molecule has 0 aliphatic carbocycles. The van der Waals surface area contributed by atoms with Crippen molar-refractivity contribution in [1.82, 2.24) is 0 Å². The Morgan fingerprint density at radius 1 is 1.64 bits per heavy atom. The largest absolute Gasteiger partial charge is 0.376 e. The zero-order valence-electron chi connectivity index (χ0n) is 8.23. The second-order valence-corrected chi connectivity index (χ2v) is 2.99. The summed E-state index contributed by atoms with van der Waals surface area (Å²) in [7, 11) is 1.66. The summed E-state index contributed by atoms with van der Waals surface area (Å²) in [5.74, 6) is 0. The summed E-state index contributed by atoms with van der Waals surface area (Å²) < 4.78 is 5.30. The van der Waals surface area contributed by atoms with Gasteiger partial charge in [-0.05, 0) is 24.1 Å². The first kappa shape index (κ1) is 10.5. The van der Waals surface area contributed by atoms with Crippen LogP contribution in [0.4, 0.5) is 0 Å². The summed E-state index contributed by atoms with van der Waals surface area (Å²) in [5.41, 5.74) is 1.68. The van der Waals surface area contributed by atoms with Crippen molar-refractivity contribution in [3.8, 4) is 6.07 Å². The van der Waals surface area contributed by atoms with Crippen molar-refractivity contribution in [2.45, 2.75) is 12.5 Å². The van der Waals surface area contributed by atoms with Gasteiger partial charge in [-0.2, -0.15) is 5.26 Å². The van der Waals surface area contributed by atoms with Gasteiger partial charge in [-0.3, -0.25) is 0 Å². The maximum Gasteiger partial charge on any atom is 0.0991 e. The zero-order chi connectivity index (χ0) is 10.4. The van der Waals surface area contributed by atoms with E-state index < -0.39 is 0 Å². The molecule has 2 nitrogen and oxygen atoms in total. The average molecular weight is 187 g/mol. The minimum atomic E-state index is 0.000741. The number of nitrogens with zero attached hydrogens (tertiary/aromatic N) is 1. The van der Waals surface area contributed by atoms with Gasteiger partial charge < -0.3 is 4.74 Å². The van der Waals surface area contributed by atoms with Crippen LogP contribution in [0.3, 0.4) is 0 Å². The molecular formula is C12H13NO. The van der Waals surface area contributed by atoms with Crippen LogP contribution in [0.15, 0.2) is 36.9 Å². The molecule has 1 rings (SSSR count). The molecule has 1 unspecified atom stereocenters. The first-order chi connectivity index (χ1) is 6.81. The highest BCUT2D eigenvalue weighted by molar-refractivity contribution is 5.33. The molecule has 1 aromatic rings. The predicted octanol–water partition coefficient (Wildman–Crippen LogP) is 2.82. The first-order valence-corrected chi connectivity index (χ1v) is 4.45. The topological polar surface area (TPSA) is 33.0 Å². The second-order valence-electron chi connectivity index (χ2n) is 2.99. The summed E-state index contributed by atoms with van der Waals surface area (Å²) in [6.07, 6.45) is 2.57. The molecule has 0 bridgehead atoms. The standard InChI is InChI=1S/C12H13NO/c1-3-5-12(14-2)11-7-4-6-10(8-11)9-13/h3-4,6-8,12H,1,5H2,2H3. The summed E-state index contributed by atoms with van der Waals surface area (Å²) in [4.78, 5) is 0. The number of ether oxygens (including phenoxy) is 1. The van der Waals surface area contributed by atoms with Crippen molar-refractivity contribution in [2.75, 3.05) is 7.11 Å². The maximum absolute atomic E-state index is 8.74. The fraction of sp³-hybridized carbons (Fsp3) is 0.250. The van der Waals surface area contributed by atoms with E-state index in [1.807, 2.05) is 24.3 Å². The van der Waals surface area contributed by atoms with Gasteiger partial charge in [0.1, 0.15) is 0 Å². The quantitative estimate of drug-likeness (QED) is 0.679. The molecule has 0 saturated heterocycles. The molecule has 72 valence electrons. The lowest BCUT2D eigenvalue weighted by molar-refractivity contribution is 0.106. The molecule has 0 aliphatic heterocycles. The van der Waals surface area contributed by atoms with E-state index in [0.29, 0.717) is 5.56 Å².